The Morgan fingerprint density at radius 2 is 2.28 bits per heavy atom. The molecule has 154 valence electrons. The van der Waals surface area contributed by atoms with Gasteiger partial charge in [0.05, 0.1) is 17.7 Å². The van der Waals surface area contributed by atoms with Crippen LogP contribution in [-0.2, 0) is 16.0 Å². The van der Waals surface area contributed by atoms with Crippen molar-refractivity contribution >= 4 is 11.7 Å². The maximum absolute atomic E-state index is 12.7. The molecule has 29 heavy (non-hydrogen) atoms. The molecular weight excluding hydrogens is 368 g/mol. The predicted molar refractivity (Wildman–Crippen MR) is 109 cm³/mol. The van der Waals surface area contributed by atoms with E-state index in [4.69, 9.17) is 10.00 Å². The lowest BCUT2D eigenvalue weighted by Crippen LogP contribution is -2.45. The van der Waals surface area contributed by atoms with E-state index in [0.717, 1.165) is 31.4 Å². The molecule has 0 aromatic carbocycles. The second-order valence-electron chi connectivity index (χ2n) is 7.34. The first kappa shape index (κ1) is 20.8. The molecule has 0 saturated heterocycles. The summed E-state index contributed by atoms with van der Waals surface area (Å²) in [5.74, 6) is 0.714. The third kappa shape index (κ3) is 6.03. The summed E-state index contributed by atoms with van der Waals surface area (Å²) in [5, 5.41) is 22.2. The van der Waals surface area contributed by atoms with Crippen LogP contribution in [0.2, 0.25) is 0 Å². The zero-order valence-electron chi connectivity index (χ0n) is 16.7. The number of hydrogen-bond acceptors (Lipinski definition) is 6. The van der Waals surface area contributed by atoms with Crippen LogP contribution in [0, 0.1) is 17.2 Å². The van der Waals surface area contributed by atoms with Gasteiger partial charge in [0.1, 0.15) is 11.9 Å². The van der Waals surface area contributed by atoms with Gasteiger partial charge in [-0.2, -0.15) is 10.4 Å². The Labute approximate surface area is 171 Å². The Balaban J connectivity index is 1.57. The van der Waals surface area contributed by atoms with Gasteiger partial charge in [-0.15, -0.1) is 0 Å². The molecule has 0 bridgehead atoms. The van der Waals surface area contributed by atoms with Crippen LogP contribution in [0.15, 0.2) is 30.6 Å². The van der Waals surface area contributed by atoms with Crippen molar-refractivity contribution in [1.29, 1.82) is 5.26 Å². The maximum atomic E-state index is 12.7. The summed E-state index contributed by atoms with van der Waals surface area (Å²) in [6.07, 6.45) is 7.31. The molecule has 1 aliphatic carbocycles. The van der Waals surface area contributed by atoms with E-state index in [1.54, 1.807) is 24.5 Å². The number of ether oxygens (including phenoxy) is 1. The van der Waals surface area contributed by atoms with Gasteiger partial charge in [-0.3, -0.25) is 9.89 Å². The molecule has 8 heteroatoms. The minimum Gasteiger partial charge on any atom is -0.376 e. The fourth-order valence-electron chi connectivity index (χ4n) is 3.63. The second kappa shape index (κ2) is 10.6. The molecular formula is C21H28N6O2. The number of nitrogens with zero attached hydrogens (tertiary/aromatic N) is 3. The fourth-order valence-corrected chi connectivity index (χ4v) is 3.63. The van der Waals surface area contributed by atoms with Gasteiger partial charge in [0.2, 0.25) is 5.91 Å². The number of nitrogens with one attached hydrogen (secondary N) is 3. The lowest BCUT2D eigenvalue weighted by atomic mass is 9.83. The monoisotopic (exact) mass is 396 g/mol. The minimum absolute atomic E-state index is 0.000840. The van der Waals surface area contributed by atoms with Gasteiger partial charge < -0.3 is 15.4 Å². The highest BCUT2D eigenvalue weighted by Crippen LogP contribution is 2.29. The van der Waals surface area contributed by atoms with Gasteiger partial charge in [-0.25, -0.2) is 4.98 Å². The van der Waals surface area contributed by atoms with Crippen molar-refractivity contribution in [2.45, 2.75) is 51.2 Å². The molecule has 8 nitrogen and oxygen atoms in total. The molecule has 1 aliphatic rings. The Morgan fingerprint density at radius 3 is 2.97 bits per heavy atom. The number of hydrogen-bond donors (Lipinski definition) is 3. The molecule has 0 unspecified atom stereocenters. The van der Waals surface area contributed by atoms with Gasteiger partial charge >= 0.3 is 0 Å². The van der Waals surface area contributed by atoms with Crippen LogP contribution in [0.1, 0.15) is 43.9 Å². The number of aromatic amines is 1. The van der Waals surface area contributed by atoms with Crippen LogP contribution in [0.4, 0.5) is 5.82 Å². The molecule has 0 aliphatic heterocycles. The largest absolute Gasteiger partial charge is 0.376 e. The van der Waals surface area contributed by atoms with Gasteiger partial charge in [-0.1, -0.05) is 6.92 Å². The van der Waals surface area contributed by atoms with Gasteiger partial charge in [0.15, 0.2) is 0 Å². The molecule has 0 radical (unpaired) electrons. The van der Waals surface area contributed by atoms with Crippen molar-refractivity contribution < 1.29 is 9.53 Å². The van der Waals surface area contributed by atoms with Crippen molar-refractivity contribution in [3.8, 4) is 6.07 Å². The maximum Gasteiger partial charge on any atom is 0.223 e. The Bertz CT molecular complexity index is 800. The summed E-state index contributed by atoms with van der Waals surface area (Å²) in [7, 11) is 0. The summed E-state index contributed by atoms with van der Waals surface area (Å²) in [4.78, 5) is 17.0. The molecule has 2 heterocycles. The summed E-state index contributed by atoms with van der Waals surface area (Å²) >= 11 is 0. The molecule has 2 aromatic rings. The van der Waals surface area contributed by atoms with Gasteiger partial charge in [-0.05, 0) is 43.9 Å². The molecule has 1 saturated carbocycles. The van der Waals surface area contributed by atoms with Crippen molar-refractivity contribution in [2.75, 3.05) is 18.5 Å². The number of H-pyrrole nitrogens is 1. The molecule has 3 N–H and O–H groups in total. The lowest BCUT2D eigenvalue weighted by Gasteiger charge is -2.36. The number of amides is 1. The summed E-state index contributed by atoms with van der Waals surface area (Å²) in [5.41, 5.74) is 1.53. The number of carbonyl (C=O) groups is 1. The van der Waals surface area contributed by atoms with Gasteiger partial charge in [0.25, 0.3) is 0 Å². The van der Waals surface area contributed by atoms with E-state index < -0.39 is 0 Å². The third-order valence-electron chi connectivity index (χ3n) is 5.17. The SMILES string of the molecule is CCCO[C@@H]1CC[C@H](C(=O)NCCc2ccn[nH]2)C[C@H]1Nc1ccc(C#N)cn1. The van der Waals surface area contributed by atoms with Crippen molar-refractivity contribution in [3.05, 3.63) is 41.9 Å². The first-order chi connectivity index (χ1) is 14.2. The zero-order valence-corrected chi connectivity index (χ0v) is 16.7. The van der Waals surface area contributed by atoms with Gasteiger partial charge in [0, 0.05) is 43.6 Å². The molecule has 2 aromatic heterocycles. The topological polar surface area (TPSA) is 116 Å². The molecule has 3 atom stereocenters. The van der Waals surface area contributed by atoms with Crippen molar-refractivity contribution in [1.82, 2.24) is 20.5 Å². The number of rotatable bonds is 9. The van der Waals surface area contributed by atoms with E-state index in [1.807, 2.05) is 6.07 Å². The highest BCUT2D eigenvalue weighted by atomic mass is 16.5. The number of anilines is 1. The quantitative estimate of drug-likeness (QED) is 0.599. The number of aromatic nitrogens is 3. The van der Waals surface area contributed by atoms with Crippen molar-refractivity contribution in [3.63, 3.8) is 0 Å². The number of carbonyl (C=O) groups excluding carboxylic acids is 1. The van der Waals surface area contributed by atoms with Crippen LogP contribution in [0.3, 0.4) is 0 Å². The van der Waals surface area contributed by atoms with Crippen molar-refractivity contribution in [2.24, 2.45) is 5.92 Å². The first-order valence-corrected chi connectivity index (χ1v) is 10.2. The summed E-state index contributed by atoms with van der Waals surface area (Å²) in [6, 6.07) is 7.51. The van der Waals surface area contributed by atoms with E-state index in [9.17, 15) is 4.79 Å². The molecule has 3 rings (SSSR count). The average Bonchev–Trinajstić information content (AvgIpc) is 3.27. The Kier molecular flexibility index (Phi) is 7.59. The summed E-state index contributed by atoms with van der Waals surface area (Å²) < 4.78 is 6.03. The number of nitriles is 1. The minimum atomic E-state index is -0.0610. The normalized spacial score (nSPS) is 21.3. The van der Waals surface area contributed by atoms with E-state index in [-0.39, 0.29) is 24.0 Å². The average molecular weight is 396 g/mol. The third-order valence-corrected chi connectivity index (χ3v) is 5.17. The molecule has 0 spiro atoms. The van der Waals surface area contributed by atoms with Crippen LogP contribution in [-0.4, -0.2) is 46.4 Å². The Hall–Kier alpha value is -2.92. The first-order valence-electron chi connectivity index (χ1n) is 10.2. The molecule has 1 amide bonds. The fraction of sp³-hybridized carbons (Fsp3) is 0.524. The van der Waals surface area contributed by atoms with E-state index >= 15 is 0 Å². The van der Waals surface area contributed by atoms with E-state index in [1.165, 1.54) is 0 Å². The zero-order chi connectivity index (χ0) is 20.5. The van der Waals surface area contributed by atoms with Crippen LogP contribution in [0.5, 0.6) is 0 Å². The standard InChI is InChI=1S/C21H28N6O2/c1-2-11-29-19-5-4-16(21(28)23-9-7-17-8-10-25-27-17)12-18(19)26-20-6-3-15(13-22)14-24-20/h3,6,8,10,14,16,18-19H,2,4-5,7,9,11-12H2,1H3,(H,23,28)(H,24,26)(H,25,27)/t16-,18+,19+/m0/s1. The highest BCUT2D eigenvalue weighted by Gasteiger charge is 2.34. The van der Waals surface area contributed by atoms with Crippen LogP contribution >= 0.6 is 0 Å². The number of pyridine rings is 1. The van der Waals surface area contributed by atoms with Crippen LogP contribution in [0.25, 0.3) is 0 Å². The predicted octanol–water partition coefficient (Wildman–Crippen LogP) is 2.41. The van der Waals surface area contributed by atoms with E-state index in [2.05, 4.69) is 38.8 Å². The highest BCUT2D eigenvalue weighted by molar-refractivity contribution is 5.78. The lowest BCUT2D eigenvalue weighted by molar-refractivity contribution is -0.127. The smallest absolute Gasteiger partial charge is 0.223 e. The van der Waals surface area contributed by atoms with Crippen LogP contribution < -0.4 is 10.6 Å². The Morgan fingerprint density at radius 1 is 1.38 bits per heavy atom. The summed E-state index contributed by atoms with van der Waals surface area (Å²) in [6.45, 7) is 3.37. The molecule has 1 fully saturated rings. The van der Waals surface area contributed by atoms with E-state index in [0.29, 0.717) is 31.0 Å². The second-order valence-corrected chi connectivity index (χ2v) is 7.34.